The Kier molecular flexibility index (Phi) is 5.39. The van der Waals surface area contributed by atoms with Crippen LogP contribution in [0.1, 0.15) is 32.4 Å². The molecule has 1 unspecified atom stereocenters. The van der Waals surface area contributed by atoms with Crippen LogP contribution >= 0.6 is 11.3 Å². The summed E-state index contributed by atoms with van der Waals surface area (Å²) in [4.78, 5) is 7.87. The van der Waals surface area contributed by atoms with Gasteiger partial charge in [-0.05, 0) is 26.3 Å². The largest absolute Gasteiger partial charge is 0.393 e. The Morgan fingerprint density at radius 3 is 3.05 bits per heavy atom. The molecular weight excluding hydrogens is 272 g/mol. The quantitative estimate of drug-likeness (QED) is 0.733. The van der Waals surface area contributed by atoms with Crippen molar-refractivity contribution in [1.29, 1.82) is 0 Å². The first-order chi connectivity index (χ1) is 9.63. The van der Waals surface area contributed by atoms with Crippen LogP contribution in [0, 0.1) is 0 Å². The molecule has 2 aromatic rings. The third-order valence-corrected chi connectivity index (χ3v) is 4.06. The molecule has 0 bridgehead atoms. The minimum atomic E-state index is -0.275. The molecule has 112 valence electrons. The molecule has 0 saturated heterocycles. The number of aromatic nitrogens is 2. The Morgan fingerprint density at radius 2 is 2.35 bits per heavy atom. The van der Waals surface area contributed by atoms with Crippen molar-refractivity contribution < 1.29 is 5.11 Å². The van der Waals surface area contributed by atoms with Crippen LogP contribution in [-0.2, 0) is 6.54 Å². The average molecular weight is 296 g/mol. The molecular formula is C14H24N4OS. The van der Waals surface area contributed by atoms with E-state index in [9.17, 15) is 5.11 Å². The lowest BCUT2D eigenvalue weighted by Crippen LogP contribution is -2.25. The Labute approximate surface area is 124 Å². The van der Waals surface area contributed by atoms with Crippen molar-refractivity contribution in [3.8, 4) is 0 Å². The summed E-state index contributed by atoms with van der Waals surface area (Å²) in [6, 6.07) is 0. The second kappa shape index (κ2) is 7.06. The van der Waals surface area contributed by atoms with Gasteiger partial charge in [0, 0.05) is 31.7 Å². The summed E-state index contributed by atoms with van der Waals surface area (Å²) in [5, 5.41) is 14.9. The van der Waals surface area contributed by atoms with Crippen LogP contribution in [0.25, 0.3) is 4.96 Å². The number of anilines is 1. The normalized spacial score (nSPS) is 13.0. The van der Waals surface area contributed by atoms with E-state index >= 15 is 0 Å². The average Bonchev–Trinajstić information content (AvgIpc) is 2.98. The van der Waals surface area contributed by atoms with Crippen LogP contribution < -0.4 is 10.2 Å². The fourth-order valence-corrected chi connectivity index (χ4v) is 2.89. The first-order valence-electron chi connectivity index (χ1n) is 7.17. The number of thiazole rings is 1. The van der Waals surface area contributed by atoms with Gasteiger partial charge in [-0.3, -0.25) is 4.40 Å². The Bertz CT molecular complexity index is 534. The van der Waals surface area contributed by atoms with E-state index in [2.05, 4.69) is 33.1 Å². The SMILES string of the molecule is CCCNCc1c(N(C)CCC(C)O)nc2sccn12. The number of hydrogen-bond donors (Lipinski definition) is 2. The minimum absolute atomic E-state index is 0.275. The van der Waals surface area contributed by atoms with E-state index in [0.717, 1.165) is 43.3 Å². The van der Waals surface area contributed by atoms with Crippen LogP contribution in [-0.4, -0.2) is 40.7 Å². The molecule has 0 aliphatic carbocycles. The van der Waals surface area contributed by atoms with Gasteiger partial charge in [0.1, 0.15) is 0 Å². The van der Waals surface area contributed by atoms with Gasteiger partial charge >= 0.3 is 0 Å². The van der Waals surface area contributed by atoms with Gasteiger partial charge < -0.3 is 15.3 Å². The Hall–Kier alpha value is -1.11. The molecule has 2 rings (SSSR count). The number of nitrogens with zero attached hydrogens (tertiary/aromatic N) is 3. The third kappa shape index (κ3) is 3.50. The number of nitrogens with one attached hydrogen (secondary N) is 1. The maximum absolute atomic E-state index is 9.43. The molecule has 0 aliphatic heterocycles. The molecule has 0 aromatic carbocycles. The van der Waals surface area contributed by atoms with Gasteiger partial charge in [-0.2, -0.15) is 0 Å². The molecule has 6 heteroatoms. The maximum Gasteiger partial charge on any atom is 0.195 e. The summed E-state index contributed by atoms with van der Waals surface area (Å²) in [5.41, 5.74) is 1.20. The lowest BCUT2D eigenvalue weighted by atomic mass is 10.2. The van der Waals surface area contributed by atoms with E-state index in [1.807, 2.05) is 14.0 Å². The zero-order valence-electron chi connectivity index (χ0n) is 12.5. The van der Waals surface area contributed by atoms with Crippen molar-refractivity contribution in [2.45, 2.75) is 39.3 Å². The summed E-state index contributed by atoms with van der Waals surface area (Å²) >= 11 is 1.65. The standard InChI is InChI=1S/C14H24N4OS/c1-4-6-15-10-12-13(17(3)7-5-11(2)19)16-14-18(12)8-9-20-14/h8-9,11,15,19H,4-7,10H2,1-3H3. The van der Waals surface area contributed by atoms with Crippen LogP contribution in [0.4, 0.5) is 5.82 Å². The molecule has 20 heavy (non-hydrogen) atoms. The van der Waals surface area contributed by atoms with Gasteiger partial charge in [-0.15, -0.1) is 11.3 Å². The number of aliphatic hydroxyl groups is 1. The Balaban J connectivity index is 2.17. The van der Waals surface area contributed by atoms with Gasteiger partial charge in [0.15, 0.2) is 10.8 Å². The summed E-state index contributed by atoms with van der Waals surface area (Å²) < 4.78 is 2.15. The van der Waals surface area contributed by atoms with Crippen molar-refractivity contribution in [3.63, 3.8) is 0 Å². The van der Waals surface area contributed by atoms with Crippen LogP contribution in [0.3, 0.4) is 0 Å². The summed E-state index contributed by atoms with van der Waals surface area (Å²) in [6.07, 6.45) is 3.67. The number of fused-ring (bicyclic) bond motifs is 1. The topological polar surface area (TPSA) is 52.8 Å². The van der Waals surface area contributed by atoms with Gasteiger partial charge in [0.25, 0.3) is 0 Å². The highest BCUT2D eigenvalue weighted by Gasteiger charge is 2.16. The third-order valence-electron chi connectivity index (χ3n) is 3.30. The molecule has 0 fully saturated rings. The fourth-order valence-electron chi connectivity index (χ4n) is 2.16. The summed E-state index contributed by atoms with van der Waals surface area (Å²) in [6.45, 7) is 6.63. The highest BCUT2D eigenvalue weighted by atomic mass is 32.1. The monoisotopic (exact) mass is 296 g/mol. The van der Waals surface area contributed by atoms with Crippen molar-refractivity contribution in [1.82, 2.24) is 14.7 Å². The molecule has 0 radical (unpaired) electrons. The number of imidazole rings is 1. The molecule has 0 aliphatic rings. The van der Waals surface area contributed by atoms with Crippen LogP contribution in [0.15, 0.2) is 11.6 Å². The van der Waals surface area contributed by atoms with E-state index in [1.54, 1.807) is 11.3 Å². The van der Waals surface area contributed by atoms with Crippen molar-refractivity contribution >= 4 is 22.1 Å². The fraction of sp³-hybridized carbons (Fsp3) is 0.643. The highest BCUT2D eigenvalue weighted by molar-refractivity contribution is 7.15. The van der Waals surface area contributed by atoms with Gasteiger partial charge in [-0.1, -0.05) is 6.92 Å². The smallest absolute Gasteiger partial charge is 0.195 e. The lowest BCUT2D eigenvalue weighted by Gasteiger charge is -2.19. The van der Waals surface area contributed by atoms with Crippen LogP contribution in [0.5, 0.6) is 0 Å². The van der Waals surface area contributed by atoms with E-state index in [-0.39, 0.29) is 6.10 Å². The molecule has 1 atom stereocenters. The summed E-state index contributed by atoms with van der Waals surface area (Å²) in [5.74, 6) is 1.01. The molecule has 5 nitrogen and oxygen atoms in total. The lowest BCUT2D eigenvalue weighted by molar-refractivity contribution is 0.187. The van der Waals surface area contributed by atoms with E-state index in [4.69, 9.17) is 4.98 Å². The first kappa shape index (κ1) is 15.3. The van der Waals surface area contributed by atoms with Gasteiger partial charge in [0.2, 0.25) is 0 Å². The van der Waals surface area contributed by atoms with Gasteiger partial charge in [0.05, 0.1) is 11.8 Å². The van der Waals surface area contributed by atoms with Gasteiger partial charge in [-0.25, -0.2) is 4.98 Å². The molecule has 0 amide bonds. The number of hydrogen-bond acceptors (Lipinski definition) is 5. The number of rotatable bonds is 8. The molecule has 2 aromatic heterocycles. The second-order valence-corrected chi connectivity index (χ2v) is 6.05. The number of aliphatic hydroxyl groups excluding tert-OH is 1. The van der Waals surface area contributed by atoms with Crippen molar-refractivity contribution in [2.75, 3.05) is 25.0 Å². The summed E-state index contributed by atoms with van der Waals surface area (Å²) in [7, 11) is 2.04. The van der Waals surface area contributed by atoms with E-state index in [1.165, 1.54) is 5.69 Å². The first-order valence-corrected chi connectivity index (χ1v) is 8.05. The van der Waals surface area contributed by atoms with E-state index in [0.29, 0.717) is 0 Å². The van der Waals surface area contributed by atoms with E-state index < -0.39 is 0 Å². The van der Waals surface area contributed by atoms with Crippen LogP contribution in [0.2, 0.25) is 0 Å². The Morgan fingerprint density at radius 1 is 1.55 bits per heavy atom. The van der Waals surface area contributed by atoms with Crippen molar-refractivity contribution in [2.24, 2.45) is 0 Å². The predicted molar refractivity (Wildman–Crippen MR) is 84.6 cm³/mol. The molecule has 0 saturated carbocycles. The maximum atomic E-state index is 9.43. The molecule has 2 heterocycles. The van der Waals surface area contributed by atoms with Crippen molar-refractivity contribution in [3.05, 3.63) is 17.3 Å². The zero-order chi connectivity index (χ0) is 14.5. The molecule has 0 spiro atoms. The zero-order valence-corrected chi connectivity index (χ0v) is 13.3. The minimum Gasteiger partial charge on any atom is -0.393 e. The predicted octanol–water partition coefficient (Wildman–Crippen LogP) is 2.10. The second-order valence-electron chi connectivity index (χ2n) is 5.17. The molecule has 2 N–H and O–H groups in total. The highest BCUT2D eigenvalue weighted by Crippen LogP contribution is 2.24.